The summed E-state index contributed by atoms with van der Waals surface area (Å²) >= 11 is 0. The molecule has 2 aliphatic rings. The monoisotopic (exact) mass is 340 g/mol. The van der Waals surface area contributed by atoms with Crippen molar-refractivity contribution in [2.24, 2.45) is 4.99 Å². The van der Waals surface area contributed by atoms with Crippen LogP contribution >= 0.6 is 0 Å². The smallest absolute Gasteiger partial charge is 0.0673 e. The van der Waals surface area contributed by atoms with Gasteiger partial charge in [0.15, 0.2) is 0 Å². The van der Waals surface area contributed by atoms with Crippen molar-refractivity contribution in [1.29, 1.82) is 0 Å². The standard InChI is InChI=1S/C22H20N4/c23-17-5-1-13(2-6-17)19-9-15-11-22-16(12-21(15)25-19)10-20(26-22)14-3-7-18(24)8-4-14/h1-8,11-12,19,25H,9-10,23-24H2. The molecule has 26 heavy (non-hydrogen) atoms. The third kappa shape index (κ3) is 2.51. The average Bonchev–Trinajstić information content (AvgIpc) is 3.23. The van der Waals surface area contributed by atoms with E-state index in [0.29, 0.717) is 6.04 Å². The van der Waals surface area contributed by atoms with Crippen LogP contribution in [0, 0.1) is 0 Å². The zero-order chi connectivity index (χ0) is 17.7. The van der Waals surface area contributed by atoms with Crippen molar-refractivity contribution in [3.63, 3.8) is 0 Å². The number of aliphatic imine (C=N–C) groups is 1. The van der Waals surface area contributed by atoms with Crippen LogP contribution in [-0.4, -0.2) is 5.71 Å². The lowest BCUT2D eigenvalue weighted by molar-refractivity contribution is 0.824. The number of rotatable bonds is 2. The topological polar surface area (TPSA) is 76.4 Å². The molecule has 4 heteroatoms. The minimum absolute atomic E-state index is 0.300. The van der Waals surface area contributed by atoms with Gasteiger partial charge in [0.2, 0.25) is 0 Å². The largest absolute Gasteiger partial charge is 0.399 e. The highest BCUT2D eigenvalue weighted by atomic mass is 15.0. The Balaban J connectivity index is 1.42. The van der Waals surface area contributed by atoms with Gasteiger partial charge in [0, 0.05) is 23.5 Å². The molecule has 1 atom stereocenters. The number of nitrogens with two attached hydrogens (primary N) is 2. The van der Waals surface area contributed by atoms with Gasteiger partial charge in [0.05, 0.1) is 17.4 Å². The van der Waals surface area contributed by atoms with E-state index in [0.717, 1.165) is 41.2 Å². The fourth-order valence-electron chi connectivity index (χ4n) is 3.82. The van der Waals surface area contributed by atoms with Gasteiger partial charge in [-0.25, -0.2) is 0 Å². The van der Waals surface area contributed by atoms with E-state index in [1.54, 1.807) is 0 Å². The molecule has 0 amide bonds. The highest BCUT2D eigenvalue weighted by Gasteiger charge is 2.26. The highest BCUT2D eigenvalue weighted by Crippen LogP contribution is 2.40. The summed E-state index contributed by atoms with van der Waals surface area (Å²) in [5.74, 6) is 0. The second-order valence-electron chi connectivity index (χ2n) is 7.06. The average molecular weight is 340 g/mol. The normalized spacial score (nSPS) is 17.4. The molecule has 5 rings (SSSR count). The van der Waals surface area contributed by atoms with E-state index in [9.17, 15) is 0 Å². The molecule has 0 radical (unpaired) electrons. The number of nitrogens with zero attached hydrogens (tertiary/aromatic N) is 1. The highest BCUT2D eigenvalue weighted by molar-refractivity contribution is 6.07. The zero-order valence-corrected chi connectivity index (χ0v) is 14.4. The molecule has 4 nitrogen and oxygen atoms in total. The Hall–Kier alpha value is -3.27. The van der Waals surface area contributed by atoms with Gasteiger partial charge in [-0.3, -0.25) is 4.99 Å². The molecule has 0 fully saturated rings. The first-order valence-corrected chi connectivity index (χ1v) is 8.87. The summed E-state index contributed by atoms with van der Waals surface area (Å²) in [7, 11) is 0. The number of nitrogen functional groups attached to an aromatic ring is 2. The van der Waals surface area contributed by atoms with E-state index >= 15 is 0 Å². The van der Waals surface area contributed by atoms with Crippen LogP contribution in [0.25, 0.3) is 0 Å². The number of fused-ring (bicyclic) bond motifs is 2. The zero-order valence-electron chi connectivity index (χ0n) is 14.4. The summed E-state index contributed by atoms with van der Waals surface area (Å²) in [5, 5.41) is 3.65. The molecule has 1 unspecified atom stereocenters. The predicted octanol–water partition coefficient (Wildman–Crippen LogP) is 4.24. The van der Waals surface area contributed by atoms with Crippen LogP contribution in [0.3, 0.4) is 0 Å². The van der Waals surface area contributed by atoms with E-state index < -0.39 is 0 Å². The van der Waals surface area contributed by atoms with Crippen molar-refractivity contribution in [3.8, 4) is 0 Å². The maximum absolute atomic E-state index is 5.80. The van der Waals surface area contributed by atoms with Gasteiger partial charge in [0.25, 0.3) is 0 Å². The van der Waals surface area contributed by atoms with E-state index in [-0.39, 0.29) is 0 Å². The summed E-state index contributed by atoms with van der Waals surface area (Å²) in [5.41, 5.74) is 21.6. The predicted molar refractivity (Wildman–Crippen MR) is 108 cm³/mol. The van der Waals surface area contributed by atoms with Crippen LogP contribution in [0.1, 0.15) is 28.3 Å². The third-order valence-electron chi connectivity index (χ3n) is 5.25. The minimum Gasteiger partial charge on any atom is -0.399 e. The number of benzene rings is 3. The molecule has 0 saturated carbocycles. The Morgan fingerprint density at radius 1 is 0.846 bits per heavy atom. The van der Waals surface area contributed by atoms with Crippen LogP contribution in [0.5, 0.6) is 0 Å². The third-order valence-corrected chi connectivity index (χ3v) is 5.25. The maximum Gasteiger partial charge on any atom is 0.0673 e. The fourth-order valence-corrected chi connectivity index (χ4v) is 3.82. The van der Waals surface area contributed by atoms with E-state index in [1.165, 1.54) is 22.4 Å². The first-order chi connectivity index (χ1) is 12.7. The molecule has 2 aliphatic heterocycles. The Labute approximate surface area is 152 Å². The Morgan fingerprint density at radius 2 is 1.54 bits per heavy atom. The summed E-state index contributed by atoms with van der Waals surface area (Å²) in [6.45, 7) is 0. The lowest BCUT2D eigenvalue weighted by Gasteiger charge is -2.11. The minimum atomic E-state index is 0.300. The van der Waals surface area contributed by atoms with Crippen molar-refractivity contribution in [1.82, 2.24) is 0 Å². The van der Waals surface area contributed by atoms with Gasteiger partial charge in [-0.15, -0.1) is 0 Å². The van der Waals surface area contributed by atoms with Crippen molar-refractivity contribution in [3.05, 3.63) is 82.9 Å². The van der Waals surface area contributed by atoms with Gasteiger partial charge in [-0.1, -0.05) is 24.3 Å². The summed E-state index contributed by atoms with van der Waals surface area (Å²) < 4.78 is 0. The lowest BCUT2D eigenvalue weighted by atomic mass is 10.00. The second-order valence-corrected chi connectivity index (χ2v) is 7.06. The van der Waals surface area contributed by atoms with Crippen LogP contribution in [-0.2, 0) is 12.8 Å². The number of hydrogen-bond donors (Lipinski definition) is 3. The number of anilines is 3. The number of hydrogen-bond acceptors (Lipinski definition) is 4. The molecular weight excluding hydrogens is 320 g/mol. The van der Waals surface area contributed by atoms with Gasteiger partial charge >= 0.3 is 0 Å². The SMILES string of the molecule is Nc1ccc(C2=Nc3cc4c(cc3C2)NC(c2ccc(N)cc2)C4)cc1. The molecule has 2 heterocycles. The first-order valence-electron chi connectivity index (χ1n) is 8.87. The molecule has 0 spiro atoms. The molecular formula is C22H20N4. The van der Waals surface area contributed by atoms with Crippen molar-refractivity contribution in [2.45, 2.75) is 18.9 Å². The van der Waals surface area contributed by atoms with Crippen molar-refractivity contribution < 1.29 is 0 Å². The lowest BCUT2D eigenvalue weighted by Crippen LogP contribution is -2.05. The fraction of sp³-hybridized carbons (Fsp3) is 0.136. The molecule has 5 N–H and O–H groups in total. The van der Waals surface area contributed by atoms with Crippen LogP contribution < -0.4 is 16.8 Å². The Bertz CT molecular complexity index is 1020. The summed E-state index contributed by atoms with van der Waals surface area (Å²) in [6, 6.07) is 20.9. The molecule has 0 saturated heterocycles. The quantitative estimate of drug-likeness (QED) is 0.611. The Kier molecular flexibility index (Phi) is 3.25. The molecule has 3 aromatic carbocycles. The van der Waals surface area contributed by atoms with E-state index in [4.69, 9.17) is 16.5 Å². The van der Waals surface area contributed by atoms with Crippen molar-refractivity contribution >= 4 is 28.5 Å². The maximum atomic E-state index is 5.80. The second kappa shape index (κ2) is 5.63. The number of nitrogens with one attached hydrogen (secondary N) is 1. The Morgan fingerprint density at radius 3 is 2.27 bits per heavy atom. The van der Waals surface area contributed by atoms with Crippen LogP contribution in [0.4, 0.5) is 22.7 Å². The van der Waals surface area contributed by atoms with E-state index in [2.05, 4.69) is 29.6 Å². The van der Waals surface area contributed by atoms with Gasteiger partial charge in [-0.05, 0) is 65.1 Å². The van der Waals surface area contributed by atoms with Gasteiger partial charge in [0.1, 0.15) is 0 Å². The van der Waals surface area contributed by atoms with Crippen molar-refractivity contribution in [2.75, 3.05) is 16.8 Å². The van der Waals surface area contributed by atoms with E-state index in [1.807, 2.05) is 36.4 Å². The molecule has 128 valence electrons. The molecule has 3 aromatic rings. The molecule has 0 aromatic heterocycles. The summed E-state index contributed by atoms with van der Waals surface area (Å²) in [6.07, 6.45) is 1.83. The van der Waals surface area contributed by atoms with Gasteiger partial charge in [-0.2, -0.15) is 0 Å². The first kappa shape index (κ1) is 15.0. The van der Waals surface area contributed by atoms with Crippen LogP contribution in [0.15, 0.2) is 65.7 Å². The molecule has 0 aliphatic carbocycles. The van der Waals surface area contributed by atoms with Gasteiger partial charge < -0.3 is 16.8 Å². The molecule has 0 bridgehead atoms. The van der Waals surface area contributed by atoms with Crippen LogP contribution in [0.2, 0.25) is 0 Å². The summed E-state index contributed by atoms with van der Waals surface area (Å²) in [4.78, 5) is 4.87.